The molecule has 0 saturated heterocycles. The molecule has 0 atom stereocenters. The minimum atomic E-state index is -0.825. The molecule has 4 N–H and O–H groups in total. The number of aliphatic carboxylic acids is 1. The van der Waals surface area contributed by atoms with E-state index in [1.165, 1.54) is 6.34 Å². The molecule has 1 aliphatic rings. The van der Waals surface area contributed by atoms with Crippen LogP contribution in [-0.4, -0.2) is 78.2 Å². The van der Waals surface area contributed by atoms with Crippen molar-refractivity contribution in [1.82, 2.24) is 26.0 Å². The molecule has 10 nitrogen and oxygen atoms in total. The van der Waals surface area contributed by atoms with Gasteiger partial charge in [0.2, 0.25) is 0 Å². The third-order valence-electron chi connectivity index (χ3n) is 4.73. The second-order valence-electron chi connectivity index (χ2n) is 7.53. The van der Waals surface area contributed by atoms with Crippen molar-refractivity contribution in [3.05, 3.63) is 29.3 Å². The van der Waals surface area contributed by atoms with Gasteiger partial charge in [-0.15, -0.1) is 0 Å². The van der Waals surface area contributed by atoms with Crippen molar-refractivity contribution < 1.29 is 39.4 Å². The fourth-order valence-corrected chi connectivity index (χ4v) is 4.37. The van der Waals surface area contributed by atoms with Gasteiger partial charge in [0.25, 0.3) is 0 Å². The van der Waals surface area contributed by atoms with Gasteiger partial charge in [0.1, 0.15) is 0 Å². The number of hydrogen-bond donors (Lipinski definition) is 4. The molecule has 2 rings (SSSR count). The number of rotatable bonds is 14. The summed E-state index contributed by atoms with van der Waals surface area (Å²) in [6.45, 7) is 7.65. The number of benzene rings is 1. The maximum absolute atomic E-state index is 12.6. The van der Waals surface area contributed by atoms with Gasteiger partial charge in [-0.2, -0.15) is 0 Å². The van der Waals surface area contributed by atoms with E-state index in [9.17, 15) is 9.59 Å². The number of carboxylic acid groups (broad SMARTS) is 1. The summed E-state index contributed by atoms with van der Waals surface area (Å²) in [4.78, 5) is 27.7. The fourth-order valence-electron chi connectivity index (χ4n) is 3.37. The average Bonchev–Trinajstić information content (AvgIpc) is 2.76. The number of hydrazone groups is 2. The van der Waals surface area contributed by atoms with Crippen molar-refractivity contribution in [2.45, 2.75) is 33.2 Å². The number of carboxylic acids is 1. The molecule has 0 spiro atoms. The smallest absolute Gasteiger partial charge is 0.480 e. The van der Waals surface area contributed by atoms with Crippen molar-refractivity contribution in [2.24, 2.45) is 10.2 Å². The number of nitrogens with one attached hydrogen (secondary N) is 3. The molecule has 0 bridgehead atoms. The Morgan fingerprint density at radius 1 is 1.06 bits per heavy atom. The molecule has 1 aromatic carbocycles. The summed E-state index contributed by atoms with van der Waals surface area (Å²) in [5, 5.41) is 20.2. The van der Waals surface area contributed by atoms with Crippen LogP contribution in [0.5, 0.6) is 0 Å². The van der Waals surface area contributed by atoms with Gasteiger partial charge in [0, 0.05) is 0 Å². The van der Waals surface area contributed by atoms with Gasteiger partial charge in [0.15, 0.2) is 0 Å². The van der Waals surface area contributed by atoms with E-state index < -0.39 is 5.97 Å². The molecule has 1 amide bonds. The van der Waals surface area contributed by atoms with Crippen molar-refractivity contribution in [2.75, 3.05) is 39.3 Å². The van der Waals surface area contributed by atoms with Crippen LogP contribution in [0.4, 0.5) is 0 Å². The minimum Gasteiger partial charge on any atom is -0.480 e. The first kappa shape index (κ1) is 26.2. The summed E-state index contributed by atoms with van der Waals surface area (Å²) < 4.78 is 1.12. The van der Waals surface area contributed by atoms with Crippen LogP contribution >= 0.6 is 0 Å². The molecule has 32 heavy (non-hydrogen) atoms. The summed E-state index contributed by atoms with van der Waals surface area (Å²) in [6.07, 6.45) is 3.29. The molecular weight excluding hydrogens is 608 g/mol. The monoisotopic (exact) mass is 640 g/mol. The molecule has 0 aromatic heterocycles. The topological polar surface area (TPSA) is 122 Å². The Bertz CT molecular complexity index is 832. The van der Waals surface area contributed by atoms with E-state index in [1.807, 2.05) is 24.0 Å². The fraction of sp³-hybridized carbons (Fsp3) is 0.524. The van der Waals surface area contributed by atoms with Gasteiger partial charge in [-0.05, 0) is 6.42 Å². The Balaban J connectivity index is 1.89. The normalized spacial score (nSPS) is 13.0. The van der Waals surface area contributed by atoms with E-state index in [1.54, 1.807) is 24.7 Å². The molecule has 1 heterocycles. The zero-order valence-corrected chi connectivity index (χ0v) is 21.5. The molecule has 0 saturated carbocycles. The van der Waals surface area contributed by atoms with Crippen LogP contribution in [0.3, 0.4) is 0 Å². The number of nitrogens with zero attached hydrogens (tertiary/aromatic N) is 4. The van der Waals surface area contributed by atoms with Crippen molar-refractivity contribution in [1.29, 1.82) is 0 Å². The second-order valence-corrected chi connectivity index (χ2v) is 9.23. The third kappa shape index (κ3) is 9.58. The van der Waals surface area contributed by atoms with Crippen molar-refractivity contribution in [3.8, 4) is 0 Å². The summed E-state index contributed by atoms with van der Waals surface area (Å²) >= 11 is 1.55. The van der Waals surface area contributed by atoms with Gasteiger partial charge in [0.05, 0.1) is 0 Å². The second kappa shape index (κ2) is 14.1. The maximum atomic E-state index is 12.6. The number of hydrogen-bond acceptors (Lipinski definition) is 8. The Morgan fingerprint density at radius 2 is 1.75 bits per heavy atom. The Hall–Kier alpha value is -2.10. The number of carbonyl (C=O) groups is 2. The van der Waals surface area contributed by atoms with E-state index in [4.69, 9.17) is 5.11 Å². The summed E-state index contributed by atoms with van der Waals surface area (Å²) in [6, 6.07) is 6.06. The van der Waals surface area contributed by atoms with Crippen LogP contribution in [0.25, 0.3) is 0 Å². The summed E-state index contributed by atoms with van der Waals surface area (Å²) in [5.41, 5.74) is 7.48. The molecule has 0 unspecified atom stereocenters. The Morgan fingerprint density at radius 3 is 2.34 bits per heavy atom. The Kier molecular flexibility index (Phi) is 11.6. The quantitative estimate of drug-likeness (QED) is 0.222. The van der Waals surface area contributed by atoms with Gasteiger partial charge in [-0.1, -0.05) is 6.92 Å². The van der Waals surface area contributed by atoms with Crippen LogP contribution in [0.1, 0.15) is 37.8 Å². The molecular formula is C21H32AtN7O3. The van der Waals surface area contributed by atoms with Gasteiger partial charge in [-0.3, -0.25) is 4.79 Å². The zero-order chi connectivity index (χ0) is 23.3. The number of amides is 1. The van der Waals surface area contributed by atoms with Crippen LogP contribution in [-0.2, 0) is 16.1 Å². The molecule has 11 heteroatoms. The van der Waals surface area contributed by atoms with Gasteiger partial charge < -0.3 is 5.11 Å². The van der Waals surface area contributed by atoms with Crippen molar-refractivity contribution in [3.63, 3.8) is 0 Å². The SMILES string of the molecule is CCCN(CCN(CCC)CC(=O)NCc1cc([At])cc(C2=NNC=NN2)c1)CC(=O)O. The third-order valence-corrected chi connectivity index (χ3v) is 5.58. The molecule has 0 aliphatic carbocycles. The van der Waals surface area contributed by atoms with Crippen LogP contribution in [0.15, 0.2) is 28.4 Å². The van der Waals surface area contributed by atoms with Gasteiger partial charge in [-0.25, -0.2) is 0 Å². The molecule has 0 fully saturated rings. The molecule has 0 radical (unpaired) electrons. The predicted octanol–water partition coefficient (Wildman–Crippen LogP) is -0.216. The van der Waals surface area contributed by atoms with Crippen LogP contribution in [0, 0.1) is 24.7 Å². The van der Waals surface area contributed by atoms with E-state index >= 15 is 0 Å². The van der Waals surface area contributed by atoms with Crippen molar-refractivity contribution >= 4 is 27.3 Å². The molecule has 1 aliphatic heterocycles. The van der Waals surface area contributed by atoms with Crippen LogP contribution in [0.2, 0.25) is 0 Å². The zero-order valence-electron chi connectivity index (χ0n) is 18.6. The van der Waals surface area contributed by atoms with Crippen LogP contribution < -0.4 is 19.4 Å². The number of amidine groups is 1. The molecule has 176 valence electrons. The number of carbonyl (C=O) groups excluding carboxylic acids is 1. The standard InChI is InChI=1S/C21H32AtN7O3/c1-3-5-28(7-8-29(6-4-2)14-20(31)32)13-19(30)23-12-16-9-17(11-18(22)10-16)21-26-24-15-25-27-21/h9-11,15H,3-8,12-14H2,1-2H3,(H,23,30)(H,24,25)(H,26,27)(H,31,32). The van der Waals surface area contributed by atoms with E-state index in [0.717, 1.165) is 40.3 Å². The minimum absolute atomic E-state index is 0.0258. The summed E-state index contributed by atoms with van der Waals surface area (Å²) in [7, 11) is 0. The first-order valence-electron chi connectivity index (χ1n) is 10.7. The summed E-state index contributed by atoms with van der Waals surface area (Å²) in [5.74, 6) is -0.245. The van der Waals surface area contributed by atoms with E-state index in [0.29, 0.717) is 25.5 Å². The average molecular weight is 641 g/mol. The first-order valence-corrected chi connectivity index (χ1v) is 12.2. The Labute approximate surface area is 204 Å². The van der Waals surface area contributed by atoms with E-state index in [2.05, 4.69) is 44.3 Å². The predicted molar refractivity (Wildman–Crippen MR) is 120 cm³/mol. The first-order chi connectivity index (χ1) is 15.4. The molecule has 1 aromatic rings. The van der Waals surface area contributed by atoms with E-state index in [-0.39, 0.29) is 19.0 Å². The van der Waals surface area contributed by atoms with Gasteiger partial charge >= 0.3 is 181 Å².